The zero-order valence-corrected chi connectivity index (χ0v) is 12.1. The first-order valence-electron chi connectivity index (χ1n) is 7.08. The summed E-state index contributed by atoms with van der Waals surface area (Å²) in [6, 6.07) is 8.98. The molecular formula is C18H15NO3. The molecule has 0 fully saturated rings. The van der Waals surface area contributed by atoms with Crippen LogP contribution in [-0.4, -0.2) is 28.4 Å². The van der Waals surface area contributed by atoms with Crippen LogP contribution in [0.3, 0.4) is 0 Å². The SMILES string of the molecule is CCN1C(=O)C=CC=c2c(cc(O)c3ccccc23)=CC1=O. The van der Waals surface area contributed by atoms with E-state index in [0.29, 0.717) is 17.1 Å². The Hall–Kier alpha value is -2.88. The fourth-order valence-electron chi connectivity index (χ4n) is 2.65. The molecule has 2 amide bonds. The Morgan fingerprint density at radius 1 is 1.09 bits per heavy atom. The van der Waals surface area contributed by atoms with Crippen molar-refractivity contribution in [3.8, 4) is 5.75 Å². The monoisotopic (exact) mass is 293 g/mol. The number of carbonyl (C=O) groups excluding carboxylic acids is 2. The quantitative estimate of drug-likeness (QED) is 0.800. The summed E-state index contributed by atoms with van der Waals surface area (Å²) < 4.78 is 0. The molecule has 2 aromatic rings. The summed E-state index contributed by atoms with van der Waals surface area (Å²) in [7, 11) is 0. The zero-order chi connectivity index (χ0) is 15.7. The van der Waals surface area contributed by atoms with Crippen LogP contribution in [-0.2, 0) is 9.59 Å². The maximum atomic E-state index is 12.3. The van der Waals surface area contributed by atoms with Crippen molar-refractivity contribution in [2.24, 2.45) is 0 Å². The standard InChI is InChI=1S/C18H15NO3/c1-2-19-17(21)9-5-8-13-12(11-18(19)22)10-16(20)15-7-4-3-6-14(13)15/h3-11,20H,2H2,1H3. The first-order valence-corrected chi connectivity index (χ1v) is 7.08. The van der Waals surface area contributed by atoms with Gasteiger partial charge in [-0.3, -0.25) is 14.5 Å². The molecular weight excluding hydrogens is 278 g/mol. The number of allylic oxidation sites excluding steroid dienone is 1. The lowest BCUT2D eigenvalue weighted by atomic mass is 10.0. The molecule has 0 saturated heterocycles. The van der Waals surface area contributed by atoms with Crippen LogP contribution in [0.2, 0.25) is 0 Å². The number of benzene rings is 2. The van der Waals surface area contributed by atoms with Crippen LogP contribution in [0, 0.1) is 0 Å². The molecule has 4 heteroatoms. The molecule has 110 valence electrons. The number of amides is 2. The summed E-state index contributed by atoms with van der Waals surface area (Å²) in [6.45, 7) is 2.05. The van der Waals surface area contributed by atoms with Gasteiger partial charge in [0.15, 0.2) is 0 Å². The van der Waals surface area contributed by atoms with E-state index >= 15 is 0 Å². The number of carbonyl (C=O) groups is 2. The molecule has 1 aliphatic rings. The Morgan fingerprint density at radius 3 is 2.55 bits per heavy atom. The molecule has 0 spiro atoms. The van der Waals surface area contributed by atoms with Crippen molar-refractivity contribution >= 4 is 34.7 Å². The lowest BCUT2D eigenvalue weighted by molar-refractivity contribution is -0.137. The van der Waals surface area contributed by atoms with E-state index in [1.54, 1.807) is 25.1 Å². The van der Waals surface area contributed by atoms with Crippen molar-refractivity contribution in [3.05, 3.63) is 52.9 Å². The van der Waals surface area contributed by atoms with E-state index in [1.165, 1.54) is 12.2 Å². The third-order valence-electron chi connectivity index (χ3n) is 3.73. The fourth-order valence-corrected chi connectivity index (χ4v) is 2.65. The second-order valence-electron chi connectivity index (χ2n) is 5.04. The van der Waals surface area contributed by atoms with Crippen molar-refractivity contribution in [2.45, 2.75) is 6.92 Å². The van der Waals surface area contributed by atoms with E-state index in [9.17, 15) is 14.7 Å². The number of hydrogen-bond acceptors (Lipinski definition) is 3. The van der Waals surface area contributed by atoms with Gasteiger partial charge >= 0.3 is 0 Å². The molecule has 0 radical (unpaired) electrons. The van der Waals surface area contributed by atoms with Gasteiger partial charge in [0.2, 0.25) is 0 Å². The predicted octanol–water partition coefficient (Wildman–Crippen LogP) is 1.05. The number of likely N-dealkylation sites (N-methyl/N-ethyl adjacent to an activating group) is 1. The van der Waals surface area contributed by atoms with E-state index in [4.69, 9.17) is 0 Å². The van der Waals surface area contributed by atoms with E-state index in [-0.39, 0.29) is 17.6 Å². The van der Waals surface area contributed by atoms with Gasteiger partial charge in [0.05, 0.1) is 0 Å². The van der Waals surface area contributed by atoms with Crippen LogP contribution >= 0.6 is 0 Å². The third-order valence-corrected chi connectivity index (χ3v) is 3.73. The van der Waals surface area contributed by atoms with Gasteiger partial charge in [-0.25, -0.2) is 0 Å². The third kappa shape index (κ3) is 2.29. The Bertz CT molecular complexity index is 925. The van der Waals surface area contributed by atoms with Crippen molar-refractivity contribution in [1.82, 2.24) is 4.90 Å². The number of aromatic hydroxyl groups is 1. The van der Waals surface area contributed by atoms with Crippen molar-refractivity contribution < 1.29 is 14.7 Å². The van der Waals surface area contributed by atoms with E-state index in [1.807, 2.05) is 24.3 Å². The van der Waals surface area contributed by atoms with Gasteiger partial charge in [-0.05, 0) is 28.8 Å². The molecule has 0 aromatic heterocycles. The number of fused-ring (bicyclic) bond motifs is 3. The zero-order valence-electron chi connectivity index (χ0n) is 12.1. The lowest BCUT2D eigenvalue weighted by Crippen LogP contribution is -2.36. The highest BCUT2D eigenvalue weighted by atomic mass is 16.3. The molecule has 1 heterocycles. The van der Waals surface area contributed by atoms with Crippen LogP contribution in [0.5, 0.6) is 5.75 Å². The summed E-state index contributed by atoms with van der Waals surface area (Å²) >= 11 is 0. The van der Waals surface area contributed by atoms with Crippen molar-refractivity contribution in [2.75, 3.05) is 6.54 Å². The maximum absolute atomic E-state index is 12.3. The number of hydrogen-bond donors (Lipinski definition) is 1. The second-order valence-corrected chi connectivity index (χ2v) is 5.04. The number of nitrogens with zero attached hydrogens (tertiary/aromatic N) is 1. The summed E-state index contributed by atoms with van der Waals surface area (Å²) in [5, 5.41) is 13.1. The van der Waals surface area contributed by atoms with E-state index in [0.717, 1.165) is 15.5 Å². The fraction of sp³-hybridized carbons (Fsp3) is 0.111. The van der Waals surface area contributed by atoms with Gasteiger partial charge < -0.3 is 5.11 Å². The second kappa shape index (κ2) is 5.48. The van der Waals surface area contributed by atoms with Crippen LogP contribution in [0.1, 0.15) is 6.92 Å². The lowest BCUT2D eigenvalue weighted by Gasteiger charge is -2.14. The Kier molecular flexibility index (Phi) is 3.51. The van der Waals surface area contributed by atoms with Gasteiger partial charge in [0, 0.05) is 24.1 Å². The van der Waals surface area contributed by atoms with E-state index < -0.39 is 0 Å². The van der Waals surface area contributed by atoms with Crippen LogP contribution in [0.25, 0.3) is 22.9 Å². The molecule has 0 unspecified atom stereocenters. The smallest absolute Gasteiger partial charge is 0.254 e. The molecule has 1 aliphatic heterocycles. The number of phenols is 1. The number of rotatable bonds is 1. The molecule has 1 N–H and O–H groups in total. The summed E-state index contributed by atoms with van der Waals surface area (Å²) in [4.78, 5) is 25.4. The molecule has 4 nitrogen and oxygen atoms in total. The Balaban J connectivity index is 2.43. The molecule has 0 atom stereocenters. The van der Waals surface area contributed by atoms with Crippen LogP contribution in [0.4, 0.5) is 0 Å². The highest BCUT2D eigenvalue weighted by Gasteiger charge is 2.16. The normalized spacial score (nSPS) is 14.7. The van der Waals surface area contributed by atoms with Gasteiger partial charge in [0.25, 0.3) is 11.8 Å². The summed E-state index contributed by atoms with van der Waals surface area (Å²) in [5.74, 6) is -0.617. The van der Waals surface area contributed by atoms with Gasteiger partial charge in [-0.2, -0.15) is 0 Å². The van der Waals surface area contributed by atoms with Gasteiger partial charge in [-0.15, -0.1) is 0 Å². The minimum absolute atomic E-state index is 0.115. The van der Waals surface area contributed by atoms with Crippen LogP contribution in [0.15, 0.2) is 42.5 Å². The molecule has 0 aliphatic carbocycles. The topological polar surface area (TPSA) is 57.6 Å². The van der Waals surface area contributed by atoms with Crippen molar-refractivity contribution in [1.29, 1.82) is 0 Å². The Labute approximate surface area is 127 Å². The first-order chi connectivity index (χ1) is 10.6. The largest absolute Gasteiger partial charge is 0.507 e. The highest BCUT2D eigenvalue weighted by molar-refractivity contribution is 6.14. The molecule has 0 bridgehead atoms. The first kappa shape index (κ1) is 14.1. The number of imide groups is 1. The average Bonchev–Trinajstić information content (AvgIpc) is 2.55. The summed E-state index contributed by atoms with van der Waals surface area (Å²) in [5.41, 5.74) is 0. The maximum Gasteiger partial charge on any atom is 0.254 e. The van der Waals surface area contributed by atoms with Gasteiger partial charge in [-0.1, -0.05) is 36.4 Å². The molecule has 22 heavy (non-hydrogen) atoms. The number of phenolic OH excluding ortho intramolecular Hbond substituents is 1. The van der Waals surface area contributed by atoms with Gasteiger partial charge in [0.1, 0.15) is 5.75 Å². The molecule has 0 saturated carbocycles. The minimum atomic E-state index is -0.386. The Morgan fingerprint density at radius 2 is 1.82 bits per heavy atom. The highest BCUT2D eigenvalue weighted by Crippen LogP contribution is 2.19. The minimum Gasteiger partial charge on any atom is -0.507 e. The molecule has 3 rings (SSSR count). The van der Waals surface area contributed by atoms with Crippen molar-refractivity contribution in [3.63, 3.8) is 0 Å². The van der Waals surface area contributed by atoms with Crippen LogP contribution < -0.4 is 10.4 Å². The predicted molar refractivity (Wildman–Crippen MR) is 85.3 cm³/mol. The average molecular weight is 293 g/mol. The van der Waals surface area contributed by atoms with E-state index in [2.05, 4.69) is 0 Å². The summed E-state index contributed by atoms with van der Waals surface area (Å²) in [6.07, 6.45) is 6.20. The molecule has 2 aromatic carbocycles.